The van der Waals surface area contributed by atoms with Crippen molar-refractivity contribution in [2.75, 3.05) is 5.32 Å². The van der Waals surface area contributed by atoms with Gasteiger partial charge in [0, 0.05) is 6.04 Å². The highest BCUT2D eigenvalue weighted by molar-refractivity contribution is 6.62. The van der Waals surface area contributed by atoms with Gasteiger partial charge in [-0.05, 0) is 65.1 Å². The molecule has 9 heteroatoms. The molecule has 1 aromatic carbocycles. The van der Waals surface area contributed by atoms with Crippen LogP contribution >= 0.6 is 0 Å². The summed E-state index contributed by atoms with van der Waals surface area (Å²) in [5.74, 6) is 0. The van der Waals surface area contributed by atoms with Gasteiger partial charge in [0.05, 0.1) is 33.6 Å². The number of nitriles is 1. The molecular formula is C19H24BF3N2O3. The van der Waals surface area contributed by atoms with Crippen LogP contribution in [0.3, 0.4) is 0 Å². The van der Waals surface area contributed by atoms with E-state index in [-0.39, 0.29) is 22.8 Å². The number of benzene rings is 1. The molecule has 2 aliphatic rings. The number of alkyl halides is 3. The Kier molecular flexibility index (Phi) is 4.77. The fourth-order valence-corrected chi connectivity index (χ4v) is 3.55. The molecule has 1 aromatic rings. The normalized spacial score (nSPS) is 28.6. The van der Waals surface area contributed by atoms with Crippen molar-refractivity contribution in [1.29, 1.82) is 5.26 Å². The van der Waals surface area contributed by atoms with Gasteiger partial charge in [0.2, 0.25) is 0 Å². The molecule has 1 aliphatic carbocycles. The van der Waals surface area contributed by atoms with Gasteiger partial charge in [-0.15, -0.1) is 0 Å². The molecule has 152 valence electrons. The third-order valence-corrected chi connectivity index (χ3v) is 5.83. The number of hydrogen-bond acceptors (Lipinski definition) is 5. The van der Waals surface area contributed by atoms with Crippen LogP contribution in [0.2, 0.25) is 0 Å². The first kappa shape index (κ1) is 21.0. The van der Waals surface area contributed by atoms with E-state index in [0.717, 1.165) is 6.07 Å². The van der Waals surface area contributed by atoms with E-state index in [4.69, 9.17) is 9.31 Å². The third kappa shape index (κ3) is 3.73. The van der Waals surface area contributed by atoms with Crippen molar-refractivity contribution in [2.45, 2.75) is 76.5 Å². The van der Waals surface area contributed by atoms with E-state index in [2.05, 4.69) is 5.32 Å². The van der Waals surface area contributed by atoms with Crippen molar-refractivity contribution >= 4 is 18.3 Å². The van der Waals surface area contributed by atoms with Gasteiger partial charge in [-0.2, -0.15) is 18.4 Å². The van der Waals surface area contributed by atoms with Gasteiger partial charge in [-0.3, -0.25) is 0 Å². The standard InChI is InChI=1S/C19H24BF3N2O3/c1-16(2)17(3,4)28-20(27-16)12-6-11(10-24)15(14(7-12)19(21,22)23)25-13-8-18(5,26)9-13/h6-7,13,25-26H,8-9H2,1-5H3. The first-order valence-corrected chi connectivity index (χ1v) is 9.15. The Morgan fingerprint density at radius 2 is 1.68 bits per heavy atom. The second-order valence-electron chi connectivity index (χ2n) is 8.94. The van der Waals surface area contributed by atoms with Crippen molar-refractivity contribution in [3.8, 4) is 6.07 Å². The minimum absolute atomic E-state index is 0.133. The molecule has 2 fully saturated rings. The molecule has 1 heterocycles. The molecule has 28 heavy (non-hydrogen) atoms. The Labute approximate surface area is 163 Å². The predicted molar refractivity (Wildman–Crippen MR) is 99.1 cm³/mol. The maximum Gasteiger partial charge on any atom is 0.494 e. The second-order valence-corrected chi connectivity index (χ2v) is 8.94. The molecule has 1 saturated heterocycles. The monoisotopic (exact) mass is 396 g/mol. The molecular weight excluding hydrogens is 372 g/mol. The van der Waals surface area contributed by atoms with Crippen molar-refractivity contribution < 1.29 is 27.6 Å². The fourth-order valence-electron chi connectivity index (χ4n) is 3.55. The zero-order valence-corrected chi connectivity index (χ0v) is 16.6. The third-order valence-electron chi connectivity index (χ3n) is 5.83. The molecule has 1 saturated carbocycles. The first-order valence-electron chi connectivity index (χ1n) is 9.15. The van der Waals surface area contributed by atoms with Crippen LogP contribution in [0.15, 0.2) is 12.1 Å². The summed E-state index contributed by atoms with van der Waals surface area (Å²) >= 11 is 0. The topological polar surface area (TPSA) is 74.5 Å². The lowest BCUT2D eigenvalue weighted by Crippen LogP contribution is -2.48. The van der Waals surface area contributed by atoms with Crippen molar-refractivity contribution in [3.05, 3.63) is 23.3 Å². The Bertz CT molecular complexity index is 807. The van der Waals surface area contributed by atoms with Gasteiger partial charge >= 0.3 is 13.3 Å². The van der Waals surface area contributed by atoms with Gasteiger partial charge in [-0.25, -0.2) is 0 Å². The lowest BCUT2D eigenvalue weighted by molar-refractivity contribution is -0.137. The lowest BCUT2D eigenvalue weighted by atomic mass is 9.75. The van der Waals surface area contributed by atoms with Gasteiger partial charge in [-0.1, -0.05) is 0 Å². The van der Waals surface area contributed by atoms with Crippen molar-refractivity contribution in [2.24, 2.45) is 0 Å². The van der Waals surface area contributed by atoms with Crippen LogP contribution in [0.5, 0.6) is 0 Å². The van der Waals surface area contributed by atoms with Crippen LogP contribution in [0.25, 0.3) is 0 Å². The number of halogens is 3. The smallest absolute Gasteiger partial charge is 0.399 e. The summed E-state index contributed by atoms with van der Waals surface area (Å²) in [6, 6.07) is 3.87. The summed E-state index contributed by atoms with van der Waals surface area (Å²) in [4.78, 5) is 0. The van der Waals surface area contributed by atoms with Crippen molar-refractivity contribution in [1.82, 2.24) is 0 Å². The molecule has 5 nitrogen and oxygen atoms in total. The zero-order chi connectivity index (χ0) is 21.1. The summed E-state index contributed by atoms with van der Waals surface area (Å²) in [6.07, 6.45) is -4.04. The maximum atomic E-state index is 13.8. The number of rotatable bonds is 3. The van der Waals surface area contributed by atoms with Crippen molar-refractivity contribution in [3.63, 3.8) is 0 Å². The molecule has 0 radical (unpaired) electrons. The molecule has 0 spiro atoms. The number of aliphatic hydroxyl groups is 1. The van der Waals surface area contributed by atoms with E-state index < -0.39 is 35.7 Å². The SMILES string of the molecule is CC1(O)CC(Nc2c(C#N)cc(B3OC(C)(C)C(C)(C)O3)cc2C(F)(F)F)C1. The maximum absolute atomic E-state index is 13.8. The molecule has 0 atom stereocenters. The van der Waals surface area contributed by atoms with E-state index in [1.807, 2.05) is 6.07 Å². The van der Waals surface area contributed by atoms with E-state index in [9.17, 15) is 23.5 Å². The quantitative estimate of drug-likeness (QED) is 0.768. The summed E-state index contributed by atoms with van der Waals surface area (Å²) < 4.78 is 53.0. The Hall–Kier alpha value is -1.76. The lowest BCUT2D eigenvalue weighted by Gasteiger charge is -2.42. The molecule has 0 amide bonds. The first-order chi connectivity index (χ1) is 12.7. The summed E-state index contributed by atoms with van der Waals surface area (Å²) in [5.41, 5.74) is -3.52. The van der Waals surface area contributed by atoms with Crippen LogP contribution in [-0.4, -0.2) is 35.1 Å². The molecule has 0 unspecified atom stereocenters. The Balaban J connectivity index is 2.00. The van der Waals surface area contributed by atoms with Crippen LogP contribution in [0.4, 0.5) is 18.9 Å². The number of anilines is 1. The van der Waals surface area contributed by atoms with Gasteiger partial charge in [0.1, 0.15) is 6.07 Å². The van der Waals surface area contributed by atoms with Gasteiger partial charge in [0.15, 0.2) is 0 Å². The molecule has 1 aliphatic heterocycles. The van der Waals surface area contributed by atoms with E-state index in [1.54, 1.807) is 34.6 Å². The van der Waals surface area contributed by atoms with Crippen LogP contribution in [0, 0.1) is 11.3 Å². The average molecular weight is 396 g/mol. The second kappa shape index (κ2) is 6.38. The van der Waals surface area contributed by atoms with E-state index in [1.165, 1.54) is 6.07 Å². The largest absolute Gasteiger partial charge is 0.494 e. The molecule has 3 rings (SSSR count). The molecule has 0 bridgehead atoms. The molecule has 0 aromatic heterocycles. The molecule has 2 N–H and O–H groups in total. The van der Waals surface area contributed by atoms with E-state index in [0.29, 0.717) is 12.8 Å². The van der Waals surface area contributed by atoms with Crippen LogP contribution in [0.1, 0.15) is 58.6 Å². The zero-order valence-electron chi connectivity index (χ0n) is 16.6. The highest BCUT2D eigenvalue weighted by Gasteiger charge is 2.52. The summed E-state index contributed by atoms with van der Waals surface area (Å²) in [7, 11) is -1.00. The Morgan fingerprint density at radius 1 is 1.14 bits per heavy atom. The number of hydrogen-bond donors (Lipinski definition) is 2. The van der Waals surface area contributed by atoms with Gasteiger partial charge in [0.25, 0.3) is 0 Å². The minimum atomic E-state index is -4.67. The van der Waals surface area contributed by atoms with Crippen LogP contribution in [-0.2, 0) is 15.5 Å². The van der Waals surface area contributed by atoms with Gasteiger partial charge < -0.3 is 19.7 Å². The number of nitrogens with zero attached hydrogens (tertiary/aromatic N) is 1. The highest BCUT2D eigenvalue weighted by Crippen LogP contribution is 2.41. The predicted octanol–water partition coefficient (Wildman–Crippen LogP) is 3.20. The summed E-state index contributed by atoms with van der Waals surface area (Å²) in [6.45, 7) is 8.85. The Morgan fingerprint density at radius 3 is 2.11 bits per heavy atom. The fraction of sp³-hybridized carbons (Fsp3) is 0.632. The number of nitrogens with one attached hydrogen (secondary N) is 1. The van der Waals surface area contributed by atoms with Crippen LogP contribution < -0.4 is 10.8 Å². The highest BCUT2D eigenvalue weighted by atomic mass is 19.4. The summed E-state index contributed by atoms with van der Waals surface area (Å²) in [5, 5.41) is 22.1. The average Bonchev–Trinajstić information content (AvgIpc) is 2.72. The minimum Gasteiger partial charge on any atom is -0.399 e. The van der Waals surface area contributed by atoms with E-state index >= 15 is 0 Å².